The number of benzene rings is 2. The van der Waals surface area contributed by atoms with Crippen LogP contribution in [0.25, 0.3) is 0 Å². The number of halogens is 3. The first-order valence-corrected chi connectivity index (χ1v) is 10.4. The number of hydrogen-bond acceptors (Lipinski definition) is 3. The molecule has 31 heavy (non-hydrogen) atoms. The maximum atomic E-state index is 13.1. The number of alkyl halides is 3. The van der Waals surface area contributed by atoms with Crippen LogP contribution in [0.1, 0.15) is 72.5 Å². The number of hydrogen-bond donors (Lipinski definition) is 1. The minimum absolute atomic E-state index is 0.00354. The van der Waals surface area contributed by atoms with Crippen LogP contribution in [0.4, 0.5) is 13.2 Å². The molecule has 4 nitrogen and oxygen atoms in total. The third kappa shape index (κ3) is 5.78. The second kappa shape index (κ2) is 9.42. The van der Waals surface area contributed by atoms with Crippen LogP contribution in [0, 0.1) is 11.3 Å². The lowest BCUT2D eigenvalue weighted by Gasteiger charge is -2.29. The fraction of sp³-hybridized carbons (Fsp3) is 0.417. The average molecular weight is 430 g/mol. The summed E-state index contributed by atoms with van der Waals surface area (Å²) in [6.07, 6.45) is -2.23. The molecular formula is C24H25F3N2O2. The molecule has 0 aromatic heterocycles. The lowest BCUT2D eigenvalue weighted by atomic mass is 9.92. The molecular weight excluding hydrogens is 405 g/mol. The maximum Gasteiger partial charge on any atom is 0.417 e. The van der Waals surface area contributed by atoms with Crippen molar-refractivity contribution in [1.29, 1.82) is 5.26 Å². The Hall–Kier alpha value is -3.01. The summed E-state index contributed by atoms with van der Waals surface area (Å²) in [6, 6.07) is 12.5. The SMILES string of the molecule is CC(C)c1ccc(C(=O)NC2CCC(Oc3ccc(C#N)c(C(F)(F)F)c3)CC2)cc1. The average Bonchev–Trinajstić information content (AvgIpc) is 2.74. The fourth-order valence-electron chi connectivity index (χ4n) is 3.73. The van der Waals surface area contributed by atoms with Gasteiger partial charge in [-0.1, -0.05) is 26.0 Å². The zero-order valence-electron chi connectivity index (χ0n) is 17.5. The van der Waals surface area contributed by atoms with Gasteiger partial charge < -0.3 is 10.1 Å². The quantitative estimate of drug-likeness (QED) is 0.650. The van der Waals surface area contributed by atoms with Crippen molar-refractivity contribution in [2.24, 2.45) is 0 Å². The van der Waals surface area contributed by atoms with E-state index in [4.69, 9.17) is 10.00 Å². The number of nitrogens with one attached hydrogen (secondary N) is 1. The highest BCUT2D eigenvalue weighted by Gasteiger charge is 2.34. The van der Waals surface area contributed by atoms with Crippen molar-refractivity contribution < 1.29 is 22.7 Å². The van der Waals surface area contributed by atoms with Crippen LogP contribution in [0.5, 0.6) is 5.75 Å². The van der Waals surface area contributed by atoms with Gasteiger partial charge in [0.1, 0.15) is 5.75 Å². The summed E-state index contributed by atoms with van der Waals surface area (Å²) >= 11 is 0. The number of rotatable bonds is 5. The normalized spacial score (nSPS) is 19.0. The van der Waals surface area contributed by atoms with Gasteiger partial charge in [0, 0.05) is 11.6 Å². The number of carbonyl (C=O) groups excluding carboxylic acids is 1. The van der Waals surface area contributed by atoms with Crippen molar-refractivity contribution in [2.75, 3.05) is 0 Å². The molecule has 7 heteroatoms. The summed E-state index contributed by atoms with van der Waals surface area (Å²) in [7, 11) is 0. The molecule has 1 aliphatic rings. The van der Waals surface area contributed by atoms with E-state index in [2.05, 4.69) is 19.2 Å². The van der Waals surface area contributed by atoms with E-state index in [9.17, 15) is 18.0 Å². The Morgan fingerprint density at radius 3 is 2.29 bits per heavy atom. The first kappa shape index (κ1) is 22.7. The molecule has 0 bridgehead atoms. The van der Waals surface area contributed by atoms with Crippen LogP contribution in [-0.2, 0) is 6.18 Å². The van der Waals surface area contributed by atoms with Gasteiger partial charge in [0.25, 0.3) is 5.91 Å². The predicted molar refractivity (Wildman–Crippen MR) is 111 cm³/mol. The molecule has 1 fully saturated rings. The molecule has 0 aliphatic heterocycles. The summed E-state index contributed by atoms with van der Waals surface area (Å²) < 4.78 is 45.1. The molecule has 0 atom stereocenters. The Balaban J connectivity index is 1.54. The second-order valence-electron chi connectivity index (χ2n) is 8.16. The maximum absolute atomic E-state index is 13.1. The number of nitriles is 1. The minimum Gasteiger partial charge on any atom is -0.490 e. The van der Waals surface area contributed by atoms with E-state index in [1.807, 2.05) is 24.3 Å². The molecule has 0 heterocycles. The fourth-order valence-corrected chi connectivity index (χ4v) is 3.73. The van der Waals surface area contributed by atoms with Gasteiger partial charge in [0.05, 0.1) is 23.3 Å². The Labute approximate surface area is 180 Å². The van der Waals surface area contributed by atoms with Crippen LogP contribution >= 0.6 is 0 Å². The molecule has 164 valence electrons. The van der Waals surface area contributed by atoms with Crippen molar-refractivity contribution in [3.8, 4) is 11.8 Å². The van der Waals surface area contributed by atoms with Crippen LogP contribution in [0.2, 0.25) is 0 Å². The molecule has 0 unspecified atom stereocenters. The summed E-state index contributed by atoms with van der Waals surface area (Å²) in [5.41, 5.74) is 0.371. The van der Waals surface area contributed by atoms with Crippen molar-refractivity contribution >= 4 is 5.91 Å². The van der Waals surface area contributed by atoms with Gasteiger partial charge >= 0.3 is 6.18 Å². The van der Waals surface area contributed by atoms with Crippen LogP contribution in [-0.4, -0.2) is 18.1 Å². The lowest BCUT2D eigenvalue weighted by Crippen LogP contribution is -2.39. The van der Waals surface area contributed by atoms with E-state index < -0.39 is 17.3 Å². The van der Waals surface area contributed by atoms with Crippen LogP contribution in [0.15, 0.2) is 42.5 Å². The van der Waals surface area contributed by atoms with Crippen molar-refractivity contribution in [3.63, 3.8) is 0 Å². The standard InChI is InChI=1S/C24H25F3N2O2/c1-15(2)16-3-5-17(6-4-16)23(30)29-19-8-11-20(12-9-19)31-21-10-7-18(14-28)22(13-21)24(25,26)27/h3-7,10,13,15,19-20H,8-9,11-12H2,1-2H3,(H,29,30). The van der Waals surface area contributed by atoms with Crippen molar-refractivity contribution in [3.05, 3.63) is 64.7 Å². The summed E-state index contributed by atoms with van der Waals surface area (Å²) in [5.74, 6) is 0.376. The third-order valence-electron chi connectivity index (χ3n) is 5.57. The van der Waals surface area contributed by atoms with E-state index in [-0.39, 0.29) is 23.8 Å². The van der Waals surface area contributed by atoms with Gasteiger partial charge in [-0.2, -0.15) is 18.4 Å². The molecule has 1 N–H and O–H groups in total. The monoisotopic (exact) mass is 430 g/mol. The molecule has 2 aromatic carbocycles. The topological polar surface area (TPSA) is 62.1 Å². The van der Waals surface area contributed by atoms with Gasteiger partial charge in [0.15, 0.2) is 0 Å². The van der Waals surface area contributed by atoms with Gasteiger partial charge in [-0.25, -0.2) is 0 Å². The Morgan fingerprint density at radius 2 is 1.74 bits per heavy atom. The number of carbonyl (C=O) groups is 1. The molecule has 2 aromatic rings. The summed E-state index contributed by atoms with van der Waals surface area (Å²) in [5, 5.41) is 11.9. The summed E-state index contributed by atoms with van der Waals surface area (Å²) in [4.78, 5) is 12.5. The molecule has 1 aliphatic carbocycles. The smallest absolute Gasteiger partial charge is 0.417 e. The van der Waals surface area contributed by atoms with Crippen LogP contribution in [0.3, 0.4) is 0 Å². The van der Waals surface area contributed by atoms with E-state index in [1.165, 1.54) is 11.6 Å². The largest absolute Gasteiger partial charge is 0.490 e. The second-order valence-corrected chi connectivity index (χ2v) is 8.16. The molecule has 0 spiro atoms. The highest BCUT2D eigenvalue weighted by atomic mass is 19.4. The van der Waals surface area contributed by atoms with E-state index in [1.54, 1.807) is 6.07 Å². The molecule has 0 saturated heterocycles. The predicted octanol–water partition coefficient (Wildman–Crippen LogP) is 5.82. The van der Waals surface area contributed by atoms with Gasteiger partial charge in [-0.05, 0) is 67.5 Å². The highest BCUT2D eigenvalue weighted by molar-refractivity contribution is 5.94. The van der Waals surface area contributed by atoms with E-state index in [0.29, 0.717) is 37.2 Å². The Kier molecular flexibility index (Phi) is 6.89. The lowest BCUT2D eigenvalue weighted by molar-refractivity contribution is -0.137. The first-order chi connectivity index (χ1) is 14.7. The van der Waals surface area contributed by atoms with Crippen LogP contribution < -0.4 is 10.1 Å². The first-order valence-electron chi connectivity index (χ1n) is 10.4. The molecule has 1 saturated carbocycles. The van der Waals surface area contributed by atoms with Gasteiger partial charge in [-0.15, -0.1) is 0 Å². The molecule has 1 amide bonds. The molecule has 3 rings (SSSR count). The Bertz CT molecular complexity index is 954. The van der Waals surface area contributed by atoms with E-state index in [0.717, 1.165) is 12.1 Å². The number of ether oxygens (including phenoxy) is 1. The number of nitrogens with zero attached hydrogens (tertiary/aromatic N) is 1. The van der Waals surface area contributed by atoms with Gasteiger partial charge in [0.2, 0.25) is 0 Å². The minimum atomic E-state index is -4.61. The Morgan fingerprint density at radius 1 is 1.10 bits per heavy atom. The third-order valence-corrected chi connectivity index (χ3v) is 5.57. The molecule has 0 radical (unpaired) electrons. The zero-order chi connectivity index (χ0) is 22.6. The van der Waals surface area contributed by atoms with E-state index >= 15 is 0 Å². The van der Waals surface area contributed by atoms with Gasteiger partial charge in [-0.3, -0.25) is 4.79 Å². The van der Waals surface area contributed by atoms with Crippen molar-refractivity contribution in [2.45, 2.75) is 63.8 Å². The summed E-state index contributed by atoms with van der Waals surface area (Å²) in [6.45, 7) is 4.19. The zero-order valence-corrected chi connectivity index (χ0v) is 17.5. The van der Waals surface area contributed by atoms with Crippen molar-refractivity contribution in [1.82, 2.24) is 5.32 Å². The number of amides is 1. The highest BCUT2D eigenvalue weighted by Crippen LogP contribution is 2.35.